The van der Waals surface area contributed by atoms with Gasteiger partial charge in [0, 0.05) is 58.1 Å². The average molecular weight is 562 g/mol. The van der Waals surface area contributed by atoms with E-state index in [0.717, 1.165) is 50.1 Å². The maximum absolute atomic E-state index is 12.6. The molecule has 7 nitrogen and oxygen atoms in total. The molecule has 32 heavy (non-hydrogen) atoms. The van der Waals surface area contributed by atoms with Gasteiger partial charge in [0.05, 0.1) is 5.56 Å². The molecular formula is C21H26F3IN6O. The molecule has 0 aliphatic carbocycles. The van der Waals surface area contributed by atoms with Crippen molar-refractivity contribution in [2.24, 2.45) is 4.99 Å². The number of pyridine rings is 1. The number of hydrogen-bond donors (Lipinski definition) is 2. The fraction of sp³-hybridized carbons (Fsp3) is 0.381. The lowest BCUT2D eigenvalue weighted by Crippen LogP contribution is -2.53. The first kappa shape index (κ1) is 25.7. The maximum atomic E-state index is 12.6. The minimum Gasteiger partial charge on any atom is -0.354 e. The SMILES string of the molecule is CN=C(NCCNC(=O)c1ccc(C(F)(F)F)cc1)N1CCN(c2ccccn2)CC1.I. The monoisotopic (exact) mass is 562 g/mol. The lowest BCUT2D eigenvalue weighted by atomic mass is 10.1. The van der Waals surface area contributed by atoms with E-state index in [-0.39, 0.29) is 29.5 Å². The third-order valence-corrected chi connectivity index (χ3v) is 4.93. The summed E-state index contributed by atoms with van der Waals surface area (Å²) in [7, 11) is 1.70. The van der Waals surface area contributed by atoms with Crippen LogP contribution in [0.2, 0.25) is 0 Å². The van der Waals surface area contributed by atoms with Gasteiger partial charge in [-0.05, 0) is 36.4 Å². The summed E-state index contributed by atoms with van der Waals surface area (Å²) in [5, 5.41) is 5.90. The predicted octanol–water partition coefficient (Wildman–Crippen LogP) is 2.85. The number of aliphatic imine (C=N–C) groups is 1. The first-order chi connectivity index (χ1) is 14.9. The number of carbonyl (C=O) groups excluding carboxylic acids is 1. The number of anilines is 1. The van der Waals surface area contributed by atoms with Gasteiger partial charge >= 0.3 is 6.18 Å². The molecule has 1 aliphatic heterocycles. The molecule has 1 aromatic heterocycles. The summed E-state index contributed by atoms with van der Waals surface area (Å²) in [6.45, 7) is 3.97. The Morgan fingerprint density at radius 3 is 2.25 bits per heavy atom. The standard InChI is InChI=1S/C21H25F3N6O.HI/c1-25-20(30-14-12-29(13-15-30)18-4-2-3-9-26-18)28-11-10-27-19(31)16-5-7-17(8-6-16)21(22,23)24;/h2-9H,10-15H2,1H3,(H,25,28)(H,27,31);1H. The molecule has 0 spiro atoms. The highest BCUT2D eigenvalue weighted by atomic mass is 127. The van der Waals surface area contributed by atoms with Crippen molar-refractivity contribution in [1.29, 1.82) is 0 Å². The number of amides is 1. The van der Waals surface area contributed by atoms with Gasteiger partial charge in [-0.3, -0.25) is 9.79 Å². The number of carbonyl (C=O) groups is 1. The Bertz CT molecular complexity index is 885. The molecule has 2 heterocycles. The van der Waals surface area contributed by atoms with Gasteiger partial charge in [-0.15, -0.1) is 24.0 Å². The van der Waals surface area contributed by atoms with Crippen LogP contribution in [0.5, 0.6) is 0 Å². The Morgan fingerprint density at radius 1 is 1.03 bits per heavy atom. The van der Waals surface area contributed by atoms with E-state index in [0.29, 0.717) is 13.1 Å². The number of piperazine rings is 1. The molecular weight excluding hydrogens is 536 g/mol. The number of nitrogens with zero attached hydrogens (tertiary/aromatic N) is 4. The van der Waals surface area contributed by atoms with Gasteiger partial charge in [0.25, 0.3) is 5.91 Å². The van der Waals surface area contributed by atoms with Gasteiger partial charge < -0.3 is 20.4 Å². The van der Waals surface area contributed by atoms with Gasteiger partial charge in [0.15, 0.2) is 5.96 Å². The summed E-state index contributed by atoms with van der Waals surface area (Å²) in [6.07, 6.45) is -2.64. The Kier molecular flexibility index (Phi) is 9.54. The highest BCUT2D eigenvalue weighted by molar-refractivity contribution is 14.0. The van der Waals surface area contributed by atoms with Crippen molar-refractivity contribution in [3.05, 3.63) is 59.8 Å². The van der Waals surface area contributed by atoms with Crippen LogP contribution in [0, 0.1) is 0 Å². The number of halogens is 4. The fourth-order valence-electron chi connectivity index (χ4n) is 3.28. The summed E-state index contributed by atoms with van der Waals surface area (Å²) in [6, 6.07) is 9.99. The Morgan fingerprint density at radius 2 is 1.69 bits per heavy atom. The van der Waals surface area contributed by atoms with Crippen molar-refractivity contribution in [2.45, 2.75) is 6.18 Å². The van der Waals surface area contributed by atoms with Crippen molar-refractivity contribution in [1.82, 2.24) is 20.5 Å². The van der Waals surface area contributed by atoms with Gasteiger partial charge in [-0.25, -0.2) is 4.98 Å². The molecule has 0 radical (unpaired) electrons. The van der Waals surface area contributed by atoms with Crippen molar-refractivity contribution in [3.63, 3.8) is 0 Å². The quantitative estimate of drug-likeness (QED) is 0.254. The summed E-state index contributed by atoms with van der Waals surface area (Å²) in [5.41, 5.74) is -0.597. The number of alkyl halides is 3. The fourth-order valence-corrected chi connectivity index (χ4v) is 3.28. The maximum Gasteiger partial charge on any atom is 0.416 e. The number of rotatable bonds is 5. The summed E-state index contributed by atoms with van der Waals surface area (Å²) < 4.78 is 37.8. The van der Waals surface area contributed by atoms with Gasteiger partial charge in [-0.1, -0.05) is 6.07 Å². The predicted molar refractivity (Wildman–Crippen MR) is 129 cm³/mol. The largest absolute Gasteiger partial charge is 0.416 e. The first-order valence-corrected chi connectivity index (χ1v) is 9.95. The van der Waals surface area contributed by atoms with E-state index in [4.69, 9.17) is 0 Å². The topological polar surface area (TPSA) is 72.9 Å². The van der Waals surface area contributed by atoms with Crippen LogP contribution in [0.15, 0.2) is 53.7 Å². The molecule has 1 saturated heterocycles. The number of benzene rings is 1. The van der Waals surface area contributed by atoms with E-state index >= 15 is 0 Å². The first-order valence-electron chi connectivity index (χ1n) is 9.95. The average Bonchev–Trinajstić information content (AvgIpc) is 2.79. The van der Waals surface area contributed by atoms with Gasteiger partial charge in [0.2, 0.25) is 0 Å². The zero-order chi connectivity index (χ0) is 22.3. The van der Waals surface area contributed by atoms with Crippen LogP contribution < -0.4 is 15.5 Å². The number of hydrogen-bond acceptors (Lipinski definition) is 4. The summed E-state index contributed by atoms with van der Waals surface area (Å²) in [4.78, 5) is 25.1. The normalized spacial score (nSPS) is 14.6. The smallest absolute Gasteiger partial charge is 0.354 e. The van der Waals surface area contributed by atoms with Gasteiger partial charge in [0.1, 0.15) is 5.82 Å². The van der Waals surface area contributed by atoms with Crippen LogP contribution in [-0.2, 0) is 6.18 Å². The third kappa shape index (κ3) is 6.97. The minimum atomic E-state index is -4.42. The second-order valence-corrected chi connectivity index (χ2v) is 6.97. The molecule has 2 aromatic rings. The second kappa shape index (κ2) is 11.9. The Balaban J connectivity index is 0.00000363. The van der Waals surface area contributed by atoms with Crippen LogP contribution >= 0.6 is 24.0 Å². The Labute approximate surface area is 202 Å². The van der Waals surface area contributed by atoms with Crippen LogP contribution in [0.25, 0.3) is 0 Å². The molecule has 174 valence electrons. The van der Waals surface area contributed by atoms with E-state index in [1.165, 1.54) is 12.1 Å². The van der Waals surface area contributed by atoms with E-state index < -0.39 is 17.6 Å². The lowest BCUT2D eigenvalue weighted by molar-refractivity contribution is -0.137. The molecule has 2 N–H and O–H groups in total. The highest BCUT2D eigenvalue weighted by Gasteiger charge is 2.30. The van der Waals surface area contributed by atoms with Crippen LogP contribution in [0.3, 0.4) is 0 Å². The van der Waals surface area contributed by atoms with Crippen molar-refractivity contribution < 1.29 is 18.0 Å². The Hall–Kier alpha value is -2.57. The number of nitrogens with one attached hydrogen (secondary N) is 2. The van der Waals surface area contributed by atoms with E-state index in [9.17, 15) is 18.0 Å². The van der Waals surface area contributed by atoms with Crippen LogP contribution in [0.4, 0.5) is 19.0 Å². The van der Waals surface area contributed by atoms with Gasteiger partial charge in [-0.2, -0.15) is 13.2 Å². The molecule has 0 bridgehead atoms. The third-order valence-electron chi connectivity index (χ3n) is 4.93. The molecule has 3 rings (SSSR count). The molecule has 0 saturated carbocycles. The van der Waals surface area contributed by atoms with E-state index in [1.807, 2.05) is 18.2 Å². The summed E-state index contributed by atoms with van der Waals surface area (Å²) >= 11 is 0. The van der Waals surface area contributed by atoms with Crippen LogP contribution in [0.1, 0.15) is 15.9 Å². The number of guanidine groups is 1. The molecule has 0 unspecified atom stereocenters. The molecule has 1 aliphatic rings. The highest BCUT2D eigenvalue weighted by Crippen LogP contribution is 2.29. The molecule has 1 fully saturated rings. The van der Waals surface area contributed by atoms with Crippen molar-refractivity contribution in [2.75, 3.05) is 51.2 Å². The van der Waals surface area contributed by atoms with E-state index in [1.54, 1.807) is 13.2 Å². The molecule has 1 aromatic carbocycles. The zero-order valence-electron chi connectivity index (χ0n) is 17.6. The lowest BCUT2D eigenvalue weighted by Gasteiger charge is -2.37. The minimum absolute atomic E-state index is 0. The van der Waals surface area contributed by atoms with Crippen molar-refractivity contribution >= 4 is 41.7 Å². The number of aromatic nitrogens is 1. The zero-order valence-corrected chi connectivity index (χ0v) is 19.9. The van der Waals surface area contributed by atoms with Crippen molar-refractivity contribution in [3.8, 4) is 0 Å². The van der Waals surface area contributed by atoms with E-state index in [2.05, 4.69) is 30.4 Å². The molecule has 0 atom stereocenters. The second-order valence-electron chi connectivity index (χ2n) is 6.97. The summed E-state index contributed by atoms with van der Waals surface area (Å²) in [5.74, 6) is 1.27. The molecule has 1 amide bonds. The van der Waals surface area contributed by atoms with Crippen LogP contribution in [-0.4, -0.2) is 68.1 Å². The molecule has 11 heteroatoms.